The molecule has 0 spiro atoms. The highest BCUT2D eigenvalue weighted by Crippen LogP contribution is 2.40. The van der Waals surface area contributed by atoms with E-state index in [1.165, 1.54) is 0 Å². The summed E-state index contributed by atoms with van der Waals surface area (Å²) in [5.41, 5.74) is 12.7. The van der Waals surface area contributed by atoms with E-state index in [0.29, 0.717) is 17.5 Å². The van der Waals surface area contributed by atoms with Crippen LogP contribution in [0, 0.1) is 0 Å². The molecule has 0 aliphatic rings. The summed E-state index contributed by atoms with van der Waals surface area (Å²) in [7, 11) is 0. The molecule has 8 aromatic carbocycles. The van der Waals surface area contributed by atoms with E-state index in [9.17, 15) is 0 Å². The third-order valence-corrected chi connectivity index (χ3v) is 10.6. The smallest absolute Gasteiger partial charge is 0.164 e. The first kappa shape index (κ1) is 31.9. The largest absolute Gasteiger partial charge is 0.456 e. The molecule has 0 N–H and O–H groups in total. The van der Waals surface area contributed by atoms with Gasteiger partial charge in [0.05, 0.1) is 0 Å². The third kappa shape index (κ3) is 5.45. The minimum absolute atomic E-state index is 0.600. The van der Waals surface area contributed by atoms with E-state index in [2.05, 4.69) is 152 Å². The number of aromatic nitrogens is 3. The molecule has 0 amide bonds. The summed E-state index contributed by atoms with van der Waals surface area (Å²) in [4.78, 5) is 15.3. The number of furan rings is 2. The van der Waals surface area contributed by atoms with Crippen molar-refractivity contribution in [1.29, 1.82) is 0 Å². The molecule has 3 heterocycles. The van der Waals surface area contributed by atoms with Gasteiger partial charge in [-0.25, -0.2) is 15.0 Å². The molecule has 11 aromatic rings. The van der Waals surface area contributed by atoms with Crippen molar-refractivity contribution in [1.82, 2.24) is 15.0 Å². The Hall–Kier alpha value is -7.63. The highest BCUT2D eigenvalue weighted by atomic mass is 16.3. The summed E-state index contributed by atoms with van der Waals surface area (Å²) >= 11 is 0. The van der Waals surface area contributed by atoms with Crippen molar-refractivity contribution in [2.45, 2.75) is 0 Å². The van der Waals surface area contributed by atoms with Crippen LogP contribution in [0.4, 0.5) is 0 Å². The van der Waals surface area contributed by atoms with E-state index < -0.39 is 0 Å². The lowest BCUT2D eigenvalue weighted by Crippen LogP contribution is -2.01. The van der Waals surface area contributed by atoms with Crippen LogP contribution in [0.2, 0.25) is 0 Å². The fourth-order valence-electron chi connectivity index (χ4n) is 7.79. The van der Waals surface area contributed by atoms with Crippen molar-refractivity contribution >= 4 is 43.9 Å². The maximum atomic E-state index is 6.62. The van der Waals surface area contributed by atoms with Crippen molar-refractivity contribution in [2.75, 3.05) is 0 Å². The van der Waals surface area contributed by atoms with Gasteiger partial charge in [-0.2, -0.15) is 0 Å². The number of rotatable bonds is 6. The summed E-state index contributed by atoms with van der Waals surface area (Å²) in [5, 5.41) is 4.21. The van der Waals surface area contributed by atoms with Crippen LogP contribution < -0.4 is 0 Å². The summed E-state index contributed by atoms with van der Waals surface area (Å²) in [6.07, 6.45) is 0. The molecule has 262 valence electrons. The molecule has 11 rings (SSSR count). The van der Waals surface area contributed by atoms with Gasteiger partial charge in [-0.15, -0.1) is 0 Å². The maximum absolute atomic E-state index is 6.62. The Morgan fingerprint density at radius 1 is 0.268 bits per heavy atom. The summed E-state index contributed by atoms with van der Waals surface area (Å²) in [6.45, 7) is 0. The van der Waals surface area contributed by atoms with Crippen LogP contribution >= 0.6 is 0 Å². The van der Waals surface area contributed by atoms with Gasteiger partial charge in [-0.3, -0.25) is 0 Å². The van der Waals surface area contributed by atoms with Gasteiger partial charge in [0.2, 0.25) is 0 Å². The average molecular weight is 718 g/mol. The zero-order chi connectivity index (χ0) is 37.0. The van der Waals surface area contributed by atoms with Crippen molar-refractivity contribution in [3.63, 3.8) is 0 Å². The second-order valence-electron chi connectivity index (χ2n) is 14.0. The van der Waals surface area contributed by atoms with Crippen molar-refractivity contribution < 1.29 is 8.83 Å². The Balaban J connectivity index is 1.01. The van der Waals surface area contributed by atoms with E-state index >= 15 is 0 Å². The normalized spacial score (nSPS) is 11.6. The van der Waals surface area contributed by atoms with Crippen LogP contribution in [0.3, 0.4) is 0 Å². The molecular weight excluding hydrogens is 687 g/mol. The average Bonchev–Trinajstić information content (AvgIpc) is 3.83. The zero-order valence-corrected chi connectivity index (χ0v) is 30.1. The van der Waals surface area contributed by atoms with Crippen LogP contribution in [0.25, 0.3) is 111 Å². The lowest BCUT2D eigenvalue weighted by Gasteiger charge is -2.12. The van der Waals surface area contributed by atoms with Crippen LogP contribution in [0.15, 0.2) is 197 Å². The fraction of sp³-hybridized carbons (Fsp3) is 0. The van der Waals surface area contributed by atoms with Gasteiger partial charge in [-0.05, 0) is 46.0 Å². The van der Waals surface area contributed by atoms with E-state index in [1.54, 1.807) is 0 Å². The van der Waals surface area contributed by atoms with Crippen LogP contribution in [-0.2, 0) is 0 Å². The number of fused-ring (bicyclic) bond motifs is 6. The lowest BCUT2D eigenvalue weighted by atomic mass is 9.99. The first-order valence-electron chi connectivity index (χ1n) is 18.7. The van der Waals surface area contributed by atoms with Gasteiger partial charge in [0, 0.05) is 43.8 Å². The first-order chi connectivity index (χ1) is 27.7. The summed E-state index contributed by atoms with van der Waals surface area (Å²) in [5.74, 6) is 1.83. The molecule has 0 bridgehead atoms. The minimum Gasteiger partial charge on any atom is -0.456 e. The molecule has 0 aliphatic carbocycles. The molecule has 3 aromatic heterocycles. The Labute approximate surface area is 322 Å². The monoisotopic (exact) mass is 717 g/mol. The SMILES string of the molecule is c1ccc(-c2ccc(-c3nc(-c4ccc(-c5cccc6c5oc5cc7c(cc56)oc5ccccc57)cc4)nc(-c4ccccc4-c4ccccc4)n3)cc2)cc1. The topological polar surface area (TPSA) is 65.0 Å². The summed E-state index contributed by atoms with van der Waals surface area (Å²) < 4.78 is 12.8. The molecule has 56 heavy (non-hydrogen) atoms. The Morgan fingerprint density at radius 3 is 1.45 bits per heavy atom. The van der Waals surface area contributed by atoms with E-state index in [0.717, 1.165) is 93.9 Å². The standard InChI is InChI=1S/C51H31N3O2/c1-3-12-32(13-4-1)33-22-26-36(27-23-33)49-52-50(54-51(53-49)42-18-8-7-16-38(42)34-14-5-2-6-15-34)37-28-24-35(25-29-37)39-19-11-20-41-44-31-46-43(30-47(44)56-48(39)41)40-17-9-10-21-45(40)55-46/h1-31H. The van der Waals surface area contributed by atoms with E-state index in [-0.39, 0.29) is 0 Å². The molecule has 5 heteroatoms. The number of benzene rings is 8. The van der Waals surface area contributed by atoms with E-state index in [4.69, 9.17) is 23.8 Å². The van der Waals surface area contributed by atoms with Gasteiger partial charge in [0.25, 0.3) is 0 Å². The van der Waals surface area contributed by atoms with Crippen LogP contribution in [-0.4, -0.2) is 15.0 Å². The van der Waals surface area contributed by atoms with Gasteiger partial charge < -0.3 is 8.83 Å². The number of hydrogen-bond acceptors (Lipinski definition) is 5. The van der Waals surface area contributed by atoms with Crippen LogP contribution in [0.1, 0.15) is 0 Å². The second-order valence-corrected chi connectivity index (χ2v) is 14.0. The number of hydrogen-bond donors (Lipinski definition) is 0. The highest BCUT2D eigenvalue weighted by molar-refractivity contribution is 6.16. The second kappa shape index (κ2) is 13.0. The van der Waals surface area contributed by atoms with Gasteiger partial charge in [0.15, 0.2) is 17.5 Å². The number of nitrogens with zero attached hydrogens (tertiary/aromatic N) is 3. The van der Waals surface area contributed by atoms with Crippen molar-refractivity contribution in [3.8, 4) is 67.5 Å². The molecule has 0 radical (unpaired) electrons. The van der Waals surface area contributed by atoms with Gasteiger partial charge in [0.1, 0.15) is 22.3 Å². The third-order valence-electron chi connectivity index (χ3n) is 10.6. The fourth-order valence-corrected chi connectivity index (χ4v) is 7.79. The molecule has 0 saturated heterocycles. The predicted molar refractivity (Wildman–Crippen MR) is 227 cm³/mol. The molecular formula is C51H31N3O2. The molecule has 0 atom stereocenters. The van der Waals surface area contributed by atoms with Gasteiger partial charge in [-0.1, -0.05) is 170 Å². The Morgan fingerprint density at radius 2 is 0.732 bits per heavy atom. The highest BCUT2D eigenvalue weighted by Gasteiger charge is 2.18. The Bertz CT molecular complexity index is 3220. The zero-order valence-electron chi connectivity index (χ0n) is 30.1. The predicted octanol–water partition coefficient (Wildman–Crippen LogP) is 13.7. The molecule has 0 saturated carbocycles. The summed E-state index contributed by atoms with van der Waals surface area (Å²) in [6, 6.07) is 64.5. The minimum atomic E-state index is 0.600. The maximum Gasteiger partial charge on any atom is 0.164 e. The number of para-hydroxylation sites is 2. The quantitative estimate of drug-likeness (QED) is 0.171. The van der Waals surface area contributed by atoms with Crippen molar-refractivity contribution in [2.24, 2.45) is 0 Å². The van der Waals surface area contributed by atoms with Gasteiger partial charge >= 0.3 is 0 Å². The van der Waals surface area contributed by atoms with Crippen molar-refractivity contribution in [3.05, 3.63) is 188 Å². The molecule has 0 aliphatic heterocycles. The Kier molecular flexibility index (Phi) is 7.42. The van der Waals surface area contributed by atoms with E-state index in [1.807, 2.05) is 36.4 Å². The molecule has 0 fully saturated rings. The lowest BCUT2D eigenvalue weighted by molar-refractivity contribution is 0.664. The first-order valence-corrected chi connectivity index (χ1v) is 18.7. The molecule has 0 unspecified atom stereocenters. The molecule has 5 nitrogen and oxygen atoms in total. The van der Waals surface area contributed by atoms with Crippen LogP contribution in [0.5, 0.6) is 0 Å².